The molecule has 4 aromatic rings. The van der Waals surface area contributed by atoms with E-state index in [-0.39, 0.29) is 11.8 Å². The summed E-state index contributed by atoms with van der Waals surface area (Å²) in [7, 11) is 0. The summed E-state index contributed by atoms with van der Waals surface area (Å²) < 4.78 is 5.80. The first-order chi connectivity index (χ1) is 19.9. The maximum absolute atomic E-state index is 12.6. The van der Waals surface area contributed by atoms with Crippen LogP contribution in [0.5, 0.6) is 0 Å². The van der Waals surface area contributed by atoms with Crippen molar-refractivity contribution >= 4 is 70.1 Å². The van der Waals surface area contributed by atoms with Gasteiger partial charge >= 0.3 is 0 Å². The second-order valence-electron chi connectivity index (χ2n) is 9.37. The van der Waals surface area contributed by atoms with Crippen molar-refractivity contribution in [2.45, 2.75) is 0 Å². The van der Waals surface area contributed by atoms with E-state index in [1.165, 1.54) is 6.08 Å². The highest BCUT2D eigenvalue weighted by molar-refractivity contribution is 6.36. The standard InChI is InChI=1S/C32H26Cl3N3O3/c33-23-7-11-26(27(34)20-23)30-13-9-25(41-30)10-14-31(39)36-24-8-12-29(28(35)21-24)37-16-18-38(19-17-37)32(40)15-6-22-4-2-1-3-5-22/h1-15,20-21H,16-19H2,(H,36,39)/b14-10+,15-6+. The third kappa shape index (κ3) is 7.41. The van der Waals surface area contributed by atoms with Gasteiger partial charge in [-0.2, -0.15) is 0 Å². The Morgan fingerprint density at radius 1 is 0.780 bits per heavy atom. The van der Waals surface area contributed by atoms with Crippen molar-refractivity contribution in [1.29, 1.82) is 0 Å². The van der Waals surface area contributed by atoms with Crippen molar-refractivity contribution in [2.75, 3.05) is 36.4 Å². The van der Waals surface area contributed by atoms with Gasteiger partial charge in [-0.15, -0.1) is 0 Å². The van der Waals surface area contributed by atoms with Gasteiger partial charge in [0.1, 0.15) is 11.5 Å². The van der Waals surface area contributed by atoms with Crippen LogP contribution >= 0.6 is 34.8 Å². The van der Waals surface area contributed by atoms with Crippen LogP contribution in [-0.2, 0) is 9.59 Å². The van der Waals surface area contributed by atoms with Crippen LogP contribution in [-0.4, -0.2) is 42.9 Å². The molecule has 2 amide bonds. The number of furan rings is 1. The van der Waals surface area contributed by atoms with Crippen LogP contribution in [0.4, 0.5) is 11.4 Å². The van der Waals surface area contributed by atoms with Gasteiger partial charge in [-0.25, -0.2) is 0 Å². The fourth-order valence-electron chi connectivity index (χ4n) is 4.46. The van der Waals surface area contributed by atoms with Gasteiger partial charge in [0.25, 0.3) is 0 Å². The van der Waals surface area contributed by atoms with Crippen LogP contribution < -0.4 is 10.2 Å². The molecule has 0 aliphatic carbocycles. The summed E-state index contributed by atoms with van der Waals surface area (Å²) >= 11 is 18.8. The summed E-state index contributed by atoms with van der Waals surface area (Å²) in [6, 6.07) is 23.8. The first-order valence-corrected chi connectivity index (χ1v) is 14.1. The second-order valence-corrected chi connectivity index (χ2v) is 10.6. The molecular formula is C32H26Cl3N3O3. The smallest absolute Gasteiger partial charge is 0.248 e. The Morgan fingerprint density at radius 3 is 2.29 bits per heavy atom. The van der Waals surface area contributed by atoms with E-state index in [1.807, 2.05) is 47.4 Å². The van der Waals surface area contributed by atoms with Crippen LogP contribution in [0.3, 0.4) is 0 Å². The molecule has 0 atom stereocenters. The number of carbonyl (C=O) groups is 2. The molecule has 5 rings (SSSR count). The van der Waals surface area contributed by atoms with Crippen molar-refractivity contribution in [2.24, 2.45) is 0 Å². The molecule has 6 nitrogen and oxygen atoms in total. The number of nitrogens with one attached hydrogen (secondary N) is 1. The van der Waals surface area contributed by atoms with Gasteiger partial charge in [0.05, 0.1) is 15.7 Å². The molecule has 1 aromatic heterocycles. The highest BCUT2D eigenvalue weighted by atomic mass is 35.5. The van der Waals surface area contributed by atoms with Gasteiger partial charge in [0.15, 0.2) is 0 Å². The lowest BCUT2D eigenvalue weighted by Crippen LogP contribution is -2.48. The van der Waals surface area contributed by atoms with Crippen molar-refractivity contribution in [3.63, 3.8) is 0 Å². The van der Waals surface area contributed by atoms with Crippen LogP contribution in [0.1, 0.15) is 11.3 Å². The lowest BCUT2D eigenvalue weighted by Gasteiger charge is -2.36. The summed E-state index contributed by atoms with van der Waals surface area (Å²) in [6.07, 6.45) is 6.41. The number of anilines is 2. The topological polar surface area (TPSA) is 65.8 Å². The number of carbonyl (C=O) groups excluding carboxylic acids is 2. The Morgan fingerprint density at radius 2 is 1.56 bits per heavy atom. The Kier molecular flexibility index (Phi) is 9.14. The molecule has 0 radical (unpaired) electrons. The number of amides is 2. The van der Waals surface area contributed by atoms with E-state index < -0.39 is 0 Å². The van der Waals surface area contributed by atoms with Gasteiger partial charge in [0, 0.05) is 54.6 Å². The molecule has 3 aromatic carbocycles. The number of hydrogen-bond acceptors (Lipinski definition) is 4. The first-order valence-electron chi connectivity index (χ1n) is 13.0. The molecule has 2 heterocycles. The zero-order valence-electron chi connectivity index (χ0n) is 21.9. The van der Waals surface area contributed by atoms with E-state index in [1.54, 1.807) is 54.6 Å². The largest absolute Gasteiger partial charge is 0.457 e. The molecule has 1 fully saturated rings. The van der Waals surface area contributed by atoms with E-state index in [4.69, 9.17) is 39.2 Å². The number of nitrogens with zero attached hydrogens (tertiary/aromatic N) is 2. The summed E-state index contributed by atoms with van der Waals surface area (Å²) in [5.74, 6) is 0.739. The summed E-state index contributed by atoms with van der Waals surface area (Å²) in [5, 5.41) is 4.36. The normalized spacial score (nSPS) is 13.7. The minimum absolute atomic E-state index is 0.00901. The van der Waals surface area contributed by atoms with Crippen molar-refractivity contribution in [1.82, 2.24) is 4.90 Å². The number of hydrogen-bond donors (Lipinski definition) is 1. The molecule has 41 heavy (non-hydrogen) atoms. The lowest BCUT2D eigenvalue weighted by molar-refractivity contribution is -0.126. The molecule has 0 saturated carbocycles. The summed E-state index contributed by atoms with van der Waals surface area (Å²) in [6.45, 7) is 2.50. The first kappa shape index (κ1) is 28.6. The Balaban J connectivity index is 1.14. The van der Waals surface area contributed by atoms with E-state index in [0.717, 1.165) is 11.3 Å². The molecule has 0 unspecified atom stereocenters. The molecule has 1 aliphatic heterocycles. The molecule has 9 heteroatoms. The minimum atomic E-state index is -0.327. The molecule has 0 bridgehead atoms. The second kappa shape index (κ2) is 13.1. The zero-order chi connectivity index (χ0) is 28.8. The molecule has 1 aliphatic rings. The van der Waals surface area contributed by atoms with Gasteiger partial charge in [-0.3, -0.25) is 9.59 Å². The molecule has 1 N–H and O–H groups in total. The van der Waals surface area contributed by atoms with Crippen LogP contribution in [0.25, 0.3) is 23.5 Å². The van der Waals surface area contributed by atoms with E-state index in [9.17, 15) is 9.59 Å². The van der Waals surface area contributed by atoms with E-state index in [0.29, 0.717) is 64.0 Å². The van der Waals surface area contributed by atoms with Gasteiger partial charge < -0.3 is 19.5 Å². The monoisotopic (exact) mass is 605 g/mol. The molecule has 0 spiro atoms. The quantitative estimate of drug-likeness (QED) is 0.217. The highest BCUT2D eigenvalue weighted by Crippen LogP contribution is 2.32. The van der Waals surface area contributed by atoms with Crippen molar-refractivity contribution < 1.29 is 14.0 Å². The predicted octanol–water partition coefficient (Wildman–Crippen LogP) is 7.92. The van der Waals surface area contributed by atoms with Crippen molar-refractivity contribution in [3.05, 3.63) is 117 Å². The number of rotatable bonds is 7. The number of benzene rings is 3. The third-order valence-corrected chi connectivity index (χ3v) is 7.44. The van der Waals surface area contributed by atoms with Crippen LogP contribution in [0.2, 0.25) is 15.1 Å². The Hall–Kier alpha value is -3.97. The summed E-state index contributed by atoms with van der Waals surface area (Å²) in [4.78, 5) is 29.1. The predicted molar refractivity (Wildman–Crippen MR) is 168 cm³/mol. The van der Waals surface area contributed by atoms with Gasteiger partial charge in [0.2, 0.25) is 11.8 Å². The van der Waals surface area contributed by atoms with Gasteiger partial charge in [-0.05, 0) is 66.2 Å². The fraction of sp³-hybridized carbons (Fsp3) is 0.125. The third-order valence-electron chi connectivity index (χ3n) is 6.59. The molecular weight excluding hydrogens is 581 g/mol. The summed E-state index contributed by atoms with van der Waals surface area (Å²) in [5.41, 5.74) is 3.13. The zero-order valence-corrected chi connectivity index (χ0v) is 24.2. The minimum Gasteiger partial charge on any atom is -0.457 e. The van der Waals surface area contributed by atoms with Crippen molar-refractivity contribution in [3.8, 4) is 11.3 Å². The van der Waals surface area contributed by atoms with E-state index >= 15 is 0 Å². The Labute approximate surface area is 253 Å². The average Bonchev–Trinajstić information content (AvgIpc) is 3.44. The lowest BCUT2D eigenvalue weighted by atomic mass is 10.2. The molecule has 208 valence electrons. The number of halogens is 3. The fourth-order valence-corrected chi connectivity index (χ4v) is 5.27. The Bertz CT molecular complexity index is 1610. The maximum atomic E-state index is 12.6. The van der Waals surface area contributed by atoms with Gasteiger partial charge in [-0.1, -0.05) is 65.1 Å². The maximum Gasteiger partial charge on any atom is 0.248 e. The highest BCUT2D eigenvalue weighted by Gasteiger charge is 2.21. The van der Waals surface area contributed by atoms with Crippen LogP contribution in [0.15, 0.2) is 95.4 Å². The number of piperazine rings is 1. The molecule has 1 saturated heterocycles. The average molecular weight is 607 g/mol. The van der Waals surface area contributed by atoms with E-state index in [2.05, 4.69) is 10.2 Å². The SMILES string of the molecule is O=C(/C=C/c1ccc(-c2ccc(Cl)cc2Cl)o1)Nc1ccc(N2CCN(C(=O)/C=C/c3ccccc3)CC2)c(Cl)c1. The van der Waals surface area contributed by atoms with Crippen LogP contribution in [0, 0.1) is 0 Å².